The number of benzene rings is 3. The molecule has 0 bridgehead atoms. The van der Waals surface area contributed by atoms with E-state index in [1.807, 2.05) is 61.5 Å². The van der Waals surface area contributed by atoms with E-state index >= 15 is 0 Å². The molecule has 0 heterocycles. The molecule has 262 valence electrons. The van der Waals surface area contributed by atoms with Gasteiger partial charge in [-0.2, -0.15) is 0 Å². The van der Waals surface area contributed by atoms with Crippen molar-refractivity contribution in [3.8, 4) is 17.2 Å². The van der Waals surface area contributed by atoms with Crippen molar-refractivity contribution in [1.29, 1.82) is 0 Å². The van der Waals surface area contributed by atoms with Gasteiger partial charge in [0.2, 0.25) is 5.91 Å². The smallest absolute Gasteiger partial charge is 0.323 e. The fraction of sp³-hybridized carbons (Fsp3) is 0.524. The number of carbonyl (C=O) groups is 2. The number of anilines is 1. The van der Waals surface area contributed by atoms with Gasteiger partial charge in [0.1, 0.15) is 18.0 Å². The van der Waals surface area contributed by atoms with E-state index in [2.05, 4.69) is 6.92 Å². The zero-order valence-electron chi connectivity index (χ0n) is 29.6. The highest BCUT2D eigenvalue weighted by molar-refractivity contribution is 5.98. The summed E-state index contributed by atoms with van der Waals surface area (Å²) >= 11 is 0. The molecular weight excluding hydrogens is 598 g/mol. The Hall–Kier alpha value is -3.80. The fourth-order valence-corrected chi connectivity index (χ4v) is 5.98. The number of rotatable bonds is 26. The molecule has 0 aliphatic rings. The van der Waals surface area contributed by atoms with Crippen molar-refractivity contribution in [2.45, 2.75) is 129 Å². The molecular formula is C42H59NO5. The van der Waals surface area contributed by atoms with E-state index in [4.69, 9.17) is 9.47 Å². The van der Waals surface area contributed by atoms with E-state index in [1.165, 1.54) is 101 Å². The van der Waals surface area contributed by atoms with Gasteiger partial charge in [-0.1, -0.05) is 146 Å². The van der Waals surface area contributed by atoms with Crippen LogP contribution in [0.3, 0.4) is 0 Å². The molecule has 3 aromatic carbocycles. The van der Waals surface area contributed by atoms with Gasteiger partial charge >= 0.3 is 5.97 Å². The molecule has 48 heavy (non-hydrogen) atoms. The Morgan fingerprint density at radius 2 is 1.17 bits per heavy atom. The molecule has 0 saturated carbocycles. The first-order valence-corrected chi connectivity index (χ1v) is 18.5. The standard InChI is InChI=1S/C42H59NO5/c1-3-4-5-6-7-8-9-10-11-12-13-14-15-16-17-22-33-47-37-30-27-36(28-31-37)29-32-41(44)43(34-42(45)46)38-24-19-21-26-40(38)48-39-25-20-18-23-35(39)2/h18-21,23-28,30-31H,3-17,22,29,32-34H2,1-2H3,(H,45,46). The highest BCUT2D eigenvalue weighted by Gasteiger charge is 2.22. The minimum Gasteiger partial charge on any atom is -0.494 e. The Labute approximate surface area is 289 Å². The average molecular weight is 658 g/mol. The molecule has 0 aliphatic carbocycles. The molecule has 0 aliphatic heterocycles. The molecule has 1 amide bonds. The second-order valence-electron chi connectivity index (χ2n) is 13.0. The van der Waals surface area contributed by atoms with Crippen LogP contribution in [0.1, 0.15) is 127 Å². The number of aliphatic carboxylic acids is 1. The van der Waals surface area contributed by atoms with Gasteiger partial charge in [-0.3, -0.25) is 14.5 Å². The largest absolute Gasteiger partial charge is 0.494 e. The van der Waals surface area contributed by atoms with Gasteiger partial charge in [0.05, 0.1) is 12.3 Å². The Balaban J connectivity index is 1.31. The van der Waals surface area contributed by atoms with Crippen LogP contribution < -0.4 is 14.4 Å². The average Bonchev–Trinajstić information content (AvgIpc) is 3.09. The lowest BCUT2D eigenvalue weighted by atomic mass is 10.0. The van der Waals surface area contributed by atoms with E-state index in [9.17, 15) is 14.7 Å². The van der Waals surface area contributed by atoms with Crippen molar-refractivity contribution in [3.05, 3.63) is 83.9 Å². The Morgan fingerprint density at radius 1 is 0.646 bits per heavy atom. The summed E-state index contributed by atoms with van der Waals surface area (Å²) < 4.78 is 12.1. The van der Waals surface area contributed by atoms with E-state index in [-0.39, 0.29) is 12.3 Å². The molecule has 0 unspecified atom stereocenters. The first kappa shape index (κ1) is 38.6. The van der Waals surface area contributed by atoms with Crippen LogP contribution in [0.15, 0.2) is 72.8 Å². The number of ether oxygens (including phenoxy) is 2. The Morgan fingerprint density at radius 3 is 1.73 bits per heavy atom. The number of hydrogen-bond donors (Lipinski definition) is 1. The summed E-state index contributed by atoms with van der Waals surface area (Å²) in [6.07, 6.45) is 22.3. The molecule has 6 heteroatoms. The Kier molecular flexibility index (Phi) is 18.9. The lowest BCUT2D eigenvalue weighted by Gasteiger charge is -2.24. The quantitative estimate of drug-likeness (QED) is 0.0869. The van der Waals surface area contributed by atoms with Crippen molar-refractivity contribution in [3.63, 3.8) is 0 Å². The second-order valence-corrected chi connectivity index (χ2v) is 13.0. The summed E-state index contributed by atoms with van der Waals surface area (Å²) in [4.78, 5) is 26.4. The van der Waals surface area contributed by atoms with E-state index < -0.39 is 12.5 Å². The summed E-state index contributed by atoms with van der Waals surface area (Å²) in [6.45, 7) is 4.49. The topological polar surface area (TPSA) is 76.1 Å². The maximum atomic E-state index is 13.4. The molecule has 6 nitrogen and oxygen atoms in total. The highest BCUT2D eigenvalue weighted by Crippen LogP contribution is 2.34. The number of carboxylic acids is 1. The van der Waals surface area contributed by atoms with E-state index in [0.717, 1.165) is 23.3 Å². The third-order valence-electron chi connectivity index (χ3n) is 8.88. The van der Waals surface area contributed by atoms with Gasteiger partial charge in [-0.05, 0) is 61.2 Å². The molecule has 0 fully saturated rings. The SMILES string of the molecule is CCCCCCCCCCCCCCCCCCOc1ccc(CCC(=O)N(CC(=O)O)c2ccccc2Oc2ccccc2C)cc1. The first-order valence-electron chi connectivity index (χ1n) is 18.5. The number of amides is 1. The lowest BCUT2D eigenvalue weighted by Crippen LogP contribution is -2.36. The number of nitrogens with zero attached hydrogens (tertiary/aromatic N) is 1. The molecule has 0 spiro atoms. The fourth-order valence-electron chi connectivity index (χ4n) is 5.98. The number of hydrogen-bond acceptors (Lipinski definition) is 4. The van der Waals surface area contributed by atoms with Gasteiger partial charge in [0, 0.05) is 6.42 Å². The number of carboxylic acid groups (broad SMARTS) is 1. The summed E-state index contributed by atoms with van der Waals surface area (Å²) in [5.74, 6) is 0.569. The first-order chi connectivity index (χ1) is 23.5. The zero-order chi connectivity index (χ0) is 34.2. The lowest BCUT2D eigenvalue weighted by molar-refractivity contribution is -0.136. The van der Waals surface area contributed by atoms with E-state index in [0.29, 0.717) is 30.2 Å². The van der Waals surface area contributed by atoms with Gasteiger partial charge in [0.15, 0.2) is 5.75 Å². The molecule has 0 saturated heterocycles. The van der Waals surface area contributed by atoms with Crippen molar-refractivity contribution in [2.24, 2.45) is 0 Å². The van der Waals surface area contributed by atoms with Crippen molar-refractivity contribution in [1.82, 2.24) is 0 Å². The van der Waals surface area contributed by atoms with Gasteiger partial charge in [-0.15, -0.1) is 0 Å². The minimum atomic E-state index is -1.08. The summed E-state index contributed by atoms with van der Waals surface area (Å²) in [5.41, 5.74) is 2.38. The predicted molar refractivity (Wildman–Crippen MR) is 197 cm³/mol. The van der Waals surface area contributed by atoms with Crippen LogP contribution in [0, 0.1) is 6.92 Å². The molecule has 3 aromatic rings. The van der Waals surface area contributed by atoms with Crippen LogP contribution in [0.4, 0.5) is 5.69 Å². The maximum absolute atomic E-state index is 13.4. The highest BCUT2D eigenvalue weighted by atomic mass is 16.5. The minimum absolute atomic E-state index is 0.172. The Bertz CT molecular complexity index is 1320. The van der Waals surface area contributed by atoms with Crippen molar-refractivity contribution in [2.75, 3.05) is 18.1 Å². The summed E-state index contributed by atoms with van der Waals surface area (Å²) in [6, 6.07) is 22.5. The molecule has 0 radical (unpaired) electrons. The third-order valence-corrected chi connectivity index (χ3v) is 8.88. The summed E-state index contributed by atoms with van der Waals surface area (Å²) in [7, 11) is 0. The van der Waals surface area contributed by atoms with Gasteiger partial charge < -0.3 is 14.6 Å². The van der Waals surface area contributed by atoms with E-state index in [1.54, 1.807) is 18.2 Å². The van der Waals surface area contributed by atoms with Crippen LogP contribution >= 0.6 is 0 Å². The molecule has 0 atom stereocenters. The van der Waals surface area contributed by atoms with Gasteiger partial charge in [0.25, 0.3) is 0 Å². The monoisotopic (exact) mass is 657 g/mol. The van der Waals surface area contributed by atoms with Gasteiger partial charge in [-0.25, -0.2) is 0 Å². The molecule has 0 aromatic heterocycles. The van der Waals surface area contributed by atoms with Crippen LogP contribution in [0.25, 0.3) is 0 Å². The van der Waals surface area contributed by atoms with Crippen molar-refractivity contribution < 1.29 is 24.2 Å². The zero-order valence-corrected chi connectivity index (χ0v) is 29.6. The van der Waals surface area contributed by atoms with Crippen molar-refractivity contribution >= 4 is 17.6 Å². The van der Waals surface area contributed by atoms with Crippen LogP contribution in [-0.4, -0.2) is 30.1 Å². The summed E-state index contributed by atoms with van der Waals surface area (Å²) in [5, 5.41) is 9.60. The number of aryl methyl sites for hydroxylation is 2. The number of carbonyl (C=O) groups excluding carboxylic acids is 1. The number of unbranched alkanes of at least 4 members (excludes halogenated alkanes) is 15. The van der Waals surface area contributed by atoms with Crippen LogP contribution in [-0.2, 0) is 16.0 Å². The van der Waals surface area contributed by atoms with Crippen LogP contribution in [0.2, 0.25) is 0 Å². The number of para-hydroxylation sites is 3. The molecule has 3 rings (SSSR count). The normalized spacial score (nSPS) is 11.0. The van der Waals surface area contributed by atoms with Crippen LogP contribution in [0.5, 0.6) is 17.2 Å². The third kappa shape index (κ3) is 15.4. The molecule has 1 N–H and O–H groups in total. The maximum Gasteiger partial charge on any atom is 0.323 e. The second kappa shape index (κ2) is 23.5. The predicted octanol–water partition coefficient (Wildman–Crippen LogP) is 11.5.